The zero-order chi connectivity index (χ0) is 13.1. The summed E-state index contributed by atoms with van der Waals surface area (Å²) in [6, 6.07) is 8.30. The van der Waals surface area contributed by atoms with Crippen LogP contribution in [0, 0.1) is 11.8 Å². The van der Waals surface area contributed by atoms with E-state index in [-0.39, 0.29) is 0 Å². The summed E-state index contributed by atoms with van der Waals surface area (Å²) in [5.74, 6) is 1.70. The molecule has 0 amide bonds. The molecule has 1 saturated heterocycles. The third-order valence-corrected chi connectivity index (χ3v) is 4.24. The highest BCUT2D eigenvalue weighted by Crippen LogP contribution is 2.27. The van der Waals surface area contributed by atoms with Crippen LogP contribution in [0.4, 0.5) is 5.69 Å². The molecule has 0 aromatic heterocycles. The molecule has 2 rings (SSSR count). The van der Waals surface area contributed by atoms with Crippen LogP contribution in [-0.2, 0) is 0 Å². The van der Waals surface area contributed by atoms with Crippen molar-refractivity contribution in [1.82, 2.24) is 0 Å². The second kappa shape index (κ2) is 5.70. The molecule has 98 valence electrons. The van der Waals surface area contributed by atoms with E-state index in [0.717, 1.165) is 30.5 Å². The van der Waals surface area contributed by atoms with Gasteiger partial charge in [-0.25, -0.2) is 0 Å². The summed E-state index contributed by atoms with van der Waals surface area (Å²) in [7, 11) is 0. The Morgan fingerprint density at radius 2 is 1.78 bits per heavy atom. The molecule has 0 bridgehead atoms. The van der Waals surface area contributed by atoms with Crippen molar-refractivity contribution in [3.8, 4) is 0 Å². The minimum atomic E-state index is 0.472. The quantitative estimate of drug-likeness (QED) is 0.848. The molecular formula is C15H22N2S. The van der Waals surface area contributed by atoms with Gasteiger partial charge in [-0.1, -0.05) is 26.1 Å². The number of benzene rings is 1. The molecule has 0 aliphatic carbocycles. The number of anilines is 1. The van der Waals surface area contributed by atoms with Gasteiger partial charge in [0.15, 0.2) is 0 Å². The first-order valence-corrected chi connectivity index (χ1v) is 7.13. The van der Waals surface area contributed by atoms with Gasteiger partial charge in [0.2, 0.25) is 0 Å². The topological polar surface area (TPSA) is 29.3 Å². The molecule has 1 aliphatic heterocycles. The SMILES string of the molecule is CC(C)C1CCN(c2ccc(C(N)=S)cc2)CC1. The molecule has 2 nitrogen and oxygen atoms in total. The van der Waals surface area contributed by atoms with Crippen LogP contribution in [0.3, 0.4) is 0 Å². The summed E-state index contributed by atoms with van der Waals surface area (Å²) in [5, 5.41) is 0. The highest BCUT2D eigenvalue weighted by atomic mass is 32.1. The smallest absolute Gasteiger partial charge is 0.103 e. The molecule has 0 spiro atoms. The van der Waals surface area contributed by atoms with E-state index >= 15 is 0 Å². The molecule has 1 aromatic carbocycles. The molecule has 1 heterocycles. The van der Waals surface area contributed by atoms with Gasteiger partial charge < -0.3 is 10.6 Å². The van der Waals surface area contributed by atoms with Crippen LogP contribution >= 0.6 is 12.2 Å². The first kappa shape index (κ1) is 13.3. The first-order chi connectivity index (χ1) is 8.58. The summed E-state index contributed by atoms with van der Waals surface area (Å²) in [5.41, 5.74) is 7.85. The highest BCUT2D eigenvalue weighted by molar-refractivity contribution is 7.80. The van der Waals surface area contributed by atoms with Gasteiger partial charge in [0, 0.05) is 24.3 Å². The molecule has 0 saturated carbocycles. The maximum absolute atomic E-state index is 5.61. The van der Waals surface area contributed by atoms with Crippen LogP contribution in [0.5, 0.6) is 0 Å². The molecule has 0 unspecified atom stereocenters. The lowest BCUT2D eigenvalue weighted by atomic mass is 9.86. The summed E-state index contributed by atoms with van der Waals surface area (Å²) in [6.07, 6.45) is 2.60. The Hall–Kier alpha value is -1.09. The van der Waals surface area contributed by atoms with Gasteiger partial charge in [-0.2, -0.15) is 0 Å². The van der Waals surface area contributed by atoms with Crippen molar-refractivity contribution >= 4 is 22.9 Å². The number of rotatable bonds is 3. The maximum Gasteiger partial charge on any atom is 0.103 e. The fraction of sp³-hybridized carbons (Fsp3) is 0.533. The largest absolute Gasteiger partial charge is 0.389 e. The van der Waals surface area contributed by atoms with E-state index in [1.807, 2.05) is 12.1 Å². The highest BCUT2D eigenvalue weighted by Gasteiger charge is 2.21. The second-order valence-electron chi connectivity index (χ2n) is 5.48. The van der Waals surface area contributed by atoms with Gasteiger partial charge in [-0.15, -0.1) is 0 Å². The van der Waals surface area contributed by atoms with Gasteiger partial charge in [0.1, 0.15) is 4.99 Å². The van der Waals surface area contributed by atoms with Crippen LogP contribution < -0.4 is 10.6 Å². The van der Waals surface area contributed by atoms with E-state index in [2.05, 4.69) is 30.9 Å². The third kappa shape index (κ3) is 3.02. The van der Waals surface area contributed by atoms with E-state index in [0.29, 0.717) is 4.99 Å². The molecule has 3 heteroatoms. The first-order valence-electron chi connectivity index (χ1n) is 6.72. The number of thiocarbonyl (C=S) groups is 1. The monoisotopic (exact) mass is 262 g/mol. The molecule has 18 heavy (non-hydrogen) atoms. The summed E-state index contributed by atoms with van der Waals surface area (Å²) < 4.78 is 0. The van der Waals surface area contributed by atoms with Crippen molar-refractivity contribution in [2.24, 2.45) is 17.6 Å². The van der Waals surface area contributed by atoms with Crippen LogP contribution in [-0.4, -0.2) is 18.1 Å². The predicted molar refractivity (Wildman–Crippen MR) is 82.1 cm³/mol. The van der Waals surface area contributed by atoms with Crippen molar-refractivity contribution < 1.29 is 0 Å². The summed E-state index contributed by atoms with van der Waals surface area (Å²) in [4.78, 5) is 2.93. The van der Waals surface area contributed by atoms with Crippen molar-refractivity contribution in [2.45, 2.75) is 26.7 Å². The van der Waals surface area contributed by atoms with Gasteiger partial charge in [-0.05, 0) is 48.9 Å². The number of hydrogen-bond donors (Lipinski definition) is 1. The zero-order valence-corrected chi connectivity index (χ0v) is 12.0. The Kier molecular flexibility index (Phi) is 4.23. The Labute approximate surface area is 115 Å². The van der Waals surface area contributed by atoms with Gasteiger partial charge in [-0.3, -0.25) is 0 Å². The molecule has 0 radical (unpaired) electrons. The molecule has 1 aliphatic rings. The number of nitrogens with zero attached hydrogens (tertiary/aromatic N) is 1. The van der Waals surface area contributed by atoms with Crippen molar-refractivity contribution in [2.75, 3.05) is 18.0 Å². The predicted octanol–water partition coefficient (Wildman–Crippen LogP) is 3.19. The van der Waals surface area contributed by atoms with E-state index in [1.54, 1.807) is 0 Å². The number of hydrogen-bond acceptors (Lipinski definition) is 2. The lowest BCUT2D eigenvalue weighted by molar-refractivity contribution is 0.311. The van der Waals surface area contributed by atoms with Crippen LogP contribution in [0.1, 0.15) is 32.3 Å². The van der Waals surface area contributed by atoms with E-state index < -0.39 is 0 Å². The van der Waals surface area contributed by atoms with Crippen molar-refractivity contribution in [1.29, 1.82) is 0 Å². The lowest BCUT2D eigenvalue weighted by Crippen LogP contribution is -2.35. The van der Waals surface area contributed by atoms with E-state index in [4.69, 9.17) is 18.0 Å². The third-order valence-electron chi connectivity index (χ3n) is 4.00. The molecule has 1 aromatic rings. The molecular weight excluding hydrogens is 240 g/mol. The average molecular weight is 262 g/mol. The summed E-state index contributed by atoms with van der Waals surface area (Å²) in [6.45, 7) is 6.99. The Bertz CT molecular complexity index is 403. The van der Waals surface area contributed by atoms with Gasteiger partial charge in [0.25, 0.3) is 0 Å². The Balaban J connectivity index is 1.99. The Morgan fingerprint density at radius 3 is 2.22 bits per heavy atom. The average Bonchev–Trinajstić information content (AvgIpc) is 2.39. The Morgan fingerprint density at radius 1 is 1.22 bits per heavy atom. The fourth-order valence-corrected chi connectivity index (χ4v) is 2.80. The normalized spacial score (nSPS) is 17.2. The maximum atomic E-state index is 5.61. The van der Waals surface area contributed by atoms with Gasteiger partial charge >= 0.3 is 0 Å². The number of nitrogens with two attached hydrogens (primary N) is 1. The molecule has 2 N–H and O–H groups in total. The summed E-state index contributed by atoms with van der Waals surface area (Å²) >= 11 is 4.97. The van der Waals surface area contributed by atoms with Crippen LogP contribution in [0.15, 0.2) is 24.3 Å². The number of piperidine rings is 1. The van der Waals surface area contributed by atoms with Crippen LogP contribution in [0.2, 0.25) is 0 Å². The van der Waals surface area contributed by atoms with Crippen LogP contribution in [0.25, 0.3) is 0 Å². The standard InChI is InChI=1S/C15H22N2S/c1-11(2)12-7-9-17(10-8-12)14-5-3-13(4-6-14)15(16)18/h3-6,11-12H,7-10H2,1-2H3,(H2,16,18). The van der Waals surface area contributed by atoms with Crippen molar-refractivity contribution in [3.05, 3.63) is 29.8 Å². The van der Waals surface area contributed by atoms with Crippen molar-refractivity contribution in [3.63, 3.8) is 0 Å². The minimum absolute atomic E-state index is 0.472. The minimum Gasteiger partial charge on any atom is -0.389 e. The second-order valence-corrected chi connectivity index (χ2v) is 5.92. The lowest BCUT2D eigenvalue weighted by Gasteiger charge is -2.35. The van der Waals surface area contributed by atoms with E-state index in [9.17, 15) is 0 Å². The van der Waals surface area contributed by atoms with E-state index in [1.165, 1.54) is 18.5 Å². The fourth-order valence-electron chi connectivity index (χ4n) is 2.66. The van der Waals surface area contributed by atoms with Gasteiger partial charge in [0.05, 0.1) is 0 Å². The molecule has 1 fully saturated rings. The zero-order valence-electron chi connectivity index (χ0n) is 11.2. The molecule has 0 atom stereocenters.